The zero-order chi connectivity index (χ0) is 15.9. The second-order valence-electron chi connectivity index (χ2n) is 6.97. The lowest BCUT2D eigenvalue weighted by atomic mass is 9.97. The number of likely N-dealkylation sites (tertiary alicyclic amines) is 1. The molecule has 124 valence electrons. The van der Waals surface area contributed by atoms with Crippen LogP contribution in [0.15, 0.2) is 23.2 Å². The topological polar surface area (TPSA) is 91.7 Å². The van der Waals surface area contributed by atoms with Crippen LogP contribution in [0, 0.1) is 0 Å². The van der Waals surface area contributed by atoms with Crippen LogP contribution < -0.4 is 22.3 Å². The van der Waals surface area contributed by atoms with E-state index in [0.717, 1.165) is 24.4 Å². The molecule has 0 bridgehead atoms. The molecule has 6 N–H and O–H groups in total. The summed E-state index contributed by atoms with van der Waals surface area (Å²) in [7, 11) is 0. The molecular weight excluding hydrogens is 288 g/mol. The van der Waals surface area contributed by atoms with Crippen molar-refractivity contribution < 1.29 is 0 Å². The average molecular weight is 314 g/mol. The molecule has 0 amide bonds. The molecule has 2 unspecified atom stereocenters. The van der Waals surface area contributed by atoms with Gasteiger partial charge in [0.15, 0.2) is 0 Å². The Kier molecular flexibility index (Phi) is 3.75. The van der Waals surface area contributed by atoms with E-state index in [1.807, 2.05) is 0 Å². The first kappa shape index (κ1) is 14.9. The number of nitrogens with zero attached hydrogens (tertiary/aromatic N) is 2. The van der Waals surface area contributed by atoms with Crippen LogP contribution in [0.1, 0.15) is 42.4 Å². The van der Waals surface area contributed by atoms with E-state index in [4.69, 9.17) is 11.5 Å². The summed E-state index contributed by atoms with van der Waals surface area (Å²) in [4.78, 5) is 6.97. The lowest BCUT2D eigenvalue weighted by molar-refractivity contribution is 0.222. The largest absolute Gasteiger partial charge is 0.369 e. The fraction of sp³-hybridized carbons (Fsp3) is 0.588. The molecule has 6 nitrogen and oxygen atoms in total. The van der Waals surface area contributed by atoms with E-state index in [-0.39, 0.29) is 0 Å². The van der Waals surface area contributed by atoms with Crippen LogP contribution in [0.5, 0.6) is 0 Å². The molecule has 23 heavy (non-hydrogen) atoms. The van der Waals surface area contributed by atoms with E-state index in [2.05, 4.69) is 38.9 Å². The van der Waals surface area contributed by atoms with Gasteiger partial charge >= 0.3 is 0 Å². The van der Waals surface area contributed by atoms with Crippen molar-refractivity contribution in [2.75, 3.05) is 13.1 Å². The van der Waals surface area contributed by atoms with Crippen molar-refractivity contribution in [3.63, 3.8) is 0 Å². The van der Waals surface area contributed by atoms with E-state index in [1.165, 1.54) is 49.9 Å². The monoisotopic (exact) mass is 314 g/mol. The summed E-state index contributed by atoms with van der Waals surface area (Å²) < 4.78 is 0. The van der Waals surface area contributed by atoms with Crippen molar-refractivity contribution in [2.45, 2.75) is 50.4 Å². The Balaban J connectivity index is 1.54. The molecule has 3 aliphatic rings. The van der Waals surface area contributed by atoms with Gasteiger partial charge < -0.3 is 10.6 Å². The average Bonchev–Trinajstić information content (AvgIpc) is 3.14. The van der Waals surface area contributed by atoms with Gasteiger partial charge in [0.2, 0.25) is 11.7 Å². The summed E-state index contributed by atoms with van der Waals surface area (Å²) in [6.07, 6.45) is 7.51. The van der Waals surface area contributed by atoms with Crippen molar-refractivity contribution in [3.05, 3.63) is 34.9 Å². The van der Waals surface area contributed by atoms with Crippen LogP contribution in [0.2, 0.25) is 0 Å². The molecule has 2 aliphatic heterocycles. The molecule has 1 saturated heterocycles. The SMILES string of the molecule is NC1=NC(N)(c2ccc3c(c2)CCC(N2CCCC2)CC3)NN1. The molecule has 0 saturated carbocycles. The molecule has 1 aromatic rings. The van der Waals surface area contributed by atoms with Crippen LogP contribution in [0.4, 0.5) is 0 Å². The number of aliphatic imine (C=N–C) groups is 1. The summed E-state index contributed by atoms with van der Waals surface area (Å²) in [6.45, 7) is 2.56. The highest BCUT2D eigenvalue weighted by Crippen LogP contribution is 2.29. The van der Waals surface area contributed by atoms with E-state index < -0.39 is 5.79 Å². The first-order valence-electron chi connectivity index (χ1n) is 8.68. The molecule has 6 heteroatoms. The third kappa shape index (κ3) is 2.82. The lowest BCUT2D eigenvalue weighted by Gasteiger charge is -2.26. The number of fused-ring (bicyclic) bond motifs is 1. The summed E-state index contributed by atoms with van der Waals surface area (Å²) in [5.41, 5.74) is 21.6. The van der Waals surface area contributed by atoms with Crippen molar-refractivity contribution in [3.8, 4) is 0 Å². The minimum atomic E-state index is -0.959. The van der Waals surface area contributed by atoms with Gasteiger partial charge in [0.1, 0.15) is 0 Å². The Morgan fingerprint density at radius 3 is 2.57 bits per heavy atom. The van der Waals surface area contributed by atoms with Crippen molar-refractivity contribution in [1.29, 1.82) is 0 Å². The maximum atomic E-state index is 6.32. The van der Waals surface area contributed by atoms with Crippen LogP contribution >= 0.6 is 0 Å². The number of hydrogen-bond donors (Lipinski definition) is 4. The first-order valence-corrected chi connectivity index (χ1v) is 8.68. The van der Waals surface area contributed by atoms with Gasteiger partial charge in [0.05, 0.1) is 0 Å². The van der Waals surface area contributed by atoms with Gasteiger partial charge in [-0.05, 0) is 62.7 Å². The van der Waals surface area contributed by atoms with Gasteiger partial charge in [0, 0.05) is 11.6 Å². The number of benzene rings is 1. The highest BCUT2D eigenvalue weighted by molar-refractivity contribution is 5.79. The maximum Gasteiger partial charge on any atom is 0.209 e. The van der Waals surface area contributed by atoms with Gasteiger partial charge in [0.25, 0.3) is 0 Å². The summed E-state index contributed by atoms with van der Waals surface area (Å²) in [6, 6.07) is 7.24. The van der Waals surface area contributed by atoms with Gasteiger partial charge in [-0.3, -0.25) is 11.2 Å². The number of hydrazine groups is 1. The molecular formula is C17H26N6. The maximum absolute atomic E-state index is 6.32. The second-order valence-corrected chi connectivity index (χ2v) is 6.97. The summed E-state index contributed by atoms with van der Waals surface area (Å²) in [5.74, 6) is -0.628. The second kappa shape index (κ2) is 5.78. The number of hydrogen-bond acceptors (Lipinski definition) is 6. The van der Waals surface area contributed by atoms with E-state index in [0.29, 0.717) is 5.96 Å². The molecule has 1 aromatic carbocycles. The molecule has 1 fully saturated rings. The standard InChI is InChI=1S/C17H26N6/c18-16-20-17(19,22-21-16)14-6-3-12-4-7-15(8-5-13(12)11-14)23-9-1-2-10-23/h3,6,11,15,22H,1-2,4-5,7-10,19H2,(H3,18,20,21). The van der Waals surface area contributed by atoms with Crippen LogP contribution in [0.25, 0.3) is 0 Å². The van der Waals surface area contributed by atoms with Gasteiger partial charge in [-0.15, -0.1) is 0 Å². The minimum absolute atomic E-state index is 0.330. The number of aryl methyl sites for hydroxylation is 2. The van der Waals surface area contributed by atoms with Crippen LogP contribution in [0.3, 0.4) is 0 Å². The summed E-state index contributed by atoms with van der Waals surface area (Å²) >= 11 is 0. The molecule has 2 atom stereocenters. The Bertz CT molecular complexity index is 622. The summed E-state index contributed by atoms with van der Waals surface area (Å²) in [5, 5.41) is 0. The number of nitrogens with two attached hydrogens (primary N) is 2. The molecule has 0 aromatic heterocycles. The van der Waals surface area contributed by atoms with Gasteiger partial charge in [-0.1, -0.05) is 18.2 Å². The Labute approximate surface area is 137 Å². The van der Waals surface area contributed by atoms with Gasteiger partial charge in [-0.2, -0.15) is 5.43 Å². The normalized spacial score (nSPS) is 31.3. The number of nitrogens with one attached hydrogen (secondary N) is 2. The Morgan fingerprint density at radius 2 is 1.87 bits per heavy atom. The predicted molar refractivity (Wildman–Crippen MR) is 91.4 cm³/mol. The van der Waals surface area contributed by atoms with Crippen molar-refractivity contribution >= 4 is 5.96 Å². The fourth-order valence-electron chi connectivity index (χ4n) is 4.14. The third-order valence-corrected chi connectivity index (χ3v) is 5.48. The number of rotatable bonds is 2. The lowest BCUT2D eigenvalue weighted by Crippen LogP contribution is -2.50. The van der Waals surface area contributed by atoms with E-state index in [9.17, 15) is 0 Å². The Hall–Kier alpha value is -1.63. The minimum Gasteiger partial charge on any atom is -0.369 e. The van der Waals surface area contributed by atoms with Crippen molar-refractivity contribution in [1.82, 2.24) is 15.8 Å². The third-order valence-electron chi connectivity index (χ3n) is 5.48. The van der Waals surface area contributed by atoms with Gasteiger partial charge in [-0.25, -0.2) is 4.99 Å². The highest BCUT2D eigenvalue weighted by atomic mass is 15.6. The van der Waals surface area contributed by atoms with E-state index >= 15 is 0 Å². The first-order chi connectivity index (χ1) is 11.1. The fourth-order valence-corrected chi connectivity index (χ4v) is 4.14. The quantitative estimate of drug-likeness (QED) is 0.598. The molecule has 0 spiro atoms. The zero-order valence-corrected chi connectivity index (χ0v) is 13.5. The van der Waals surface area contributed by atoms with Crippen LogP contribution in [-0.2, 0) is 18.6 Å². The van der Waals surface area contributed by atoms with Crippen molar-refractivity contribution in [2.24, 2.45) is 16.5 Å². The molecule has 4 rings (SSSR count). The molecule has 1 aliphatic carbocycles. The molecule has 2 heterocycles. The highest BCUT2D eigenvalue weighted by Gasteiger charge is 2.32. The smallest absolute Gasteiger partial charge is 0.209 e. The predicted octanol–water partition coefficient (Wildman–Crippen LogP) is 0.521. The molecule has 0 radical (unpaired) electrons. The Morgan fingerprint density at radius 1 is 1.13 bits per heavy atom. The van der Waals surface area contributed by atoms with Crippen LogP contribution in [-0.4, -0.2) is 30.0 Å². The van der Waals surface area contributed by atoms with E-state index in [1.54, 1.807) is 0 Å². The zero-order valence-electron chi connectivity index (χ0n) is 13.5. The number of guanidine groups is 1.